The van der Waals surface area contributed by atoms with E-state index in [9.17, 15) is 0 Å². The summed E-state index contributed by atoms with van der Waals surface area (Å²) >= 11 is 0. The van der Waals surface area contributed by atoms with Gasteiger partial charge in [-0.25, -0.2) is 0 Å². The zero-order chi connectivity index (χ0) is 38.3. The fourth-order valence-corrected chi connectivity index (χ4v) is 12.4. The second-order valence-electron chi connectivity index (χ2n) is 17.8. The fraction of sp³-hybridized carbons (Fsp3) is 0.345. The van der Waals surface area contributed by atoms with Crippen LogP contribution in [0.25, 0.3) is 0 Å². The Balaban J connectivity index is 1.10. The molecule has 10 rings (SSSR count). The maximum absolute atomic E-state index is 2.61. The summed E-state index contributed by atoms with van der Waals surface area (Å²) < 4.78 is 0. The van der Waals surface area contributed by atoms with Crippen LogP contribution in [0.5, 0.6) is 0 Å². The second kappa shape index (κ2) is 15.4. The van der Waals surface area contributed by atoms with Gasteiger partial charge in [0.05, 0.1) is 11.4 Å². The number of para-hydroxylation sites is 3. The Morgan fingerprint density at radius 1 is 0.509 bits per heavy atom. The van der Waals surface area contributed by atoms with Crippen LogP contribution in [0.4, 0.5) is 34.1 Å². The molecule has 0 heterocycles. The molecule has 4 aliphatic rings. The lowest BCUT2D eigenvalue weighted by atomic mass is 9.68. The lowest BCUT2D eigenvalue weighted by molar-refractivity contribution is 0.258. The number of hydrogen-bond acceptors (Lipinski definition) is 2. The minimum Gasteiger partial charge on any atom is -0.310 e. The van der Waals surface area contributed by atoms with Crippen LogP contribution in [0.1, 0.15) is 105 Å². The standard InChI is InChI=1S/C55H58N2/c1-3-39(4-2)35-40-17-14-18-42(36-40)41-29-33-50(34-30-41)57(49-25-12-7-13-26-49)52-28-16-20-44-38-46-32-31-45-37-43-19-15-27-51(53(43)55(45,46)54(44)52)56(47-21-8-5-9-22-47)48-23-10-6-11-24-48/h5-13,15-16,19-30,33-34,39-40,42,45-46H,3-4,14,17-18,31-32,35-38H2,1-2H3. The van der Waals surface area contributed by atoms with Crippen molar-refractivity contribution >= 4 is 34.1 Å². The predicted molar refractivity (Wildman–Crippen MR) is 240 cm³/mol. The van der Waals surface area contributed by atoms with Crippen LogP contribution in [0.3, 0.4) is 0 Å². The molecular weight excluding hydrogens is 689 g/mol. The summed E-state index contributed by atoms with van der Waals surface area (Å²) in [4.78, 5) is 5.15. The summed E-state index contributed by atoms with van der Waals surface area (Å²) in [5.74, 6) is 3.57. The Kier molecular flexibility index (Phi) is 9.77. The van der Waals surface area contributed by atoms with Crippen molar-refractivity contribution in [2.75, 3.05) is 9.80 Å². The Morgan fingerprint density at radius 3 is 1.46 bits per heavy atom. The molecule has 2 fully saturated rings. The van der Waals surface area contributed by atoms with Crippen LogP contribution < -0.4 is 9.80 Å². The molecule has 4 aliphatic carbocycles. The van der Waals surface area contributed by atoms with E-state index in [0.717, 1.165) is 24.7 Å². The number of anilines is 6. The van der Waals surface area contributed by atoms with Crippen molar-refractivity contribution in [3.8, 4) is 0 Å². The smallest absolute Gasteiger partial charge is 0.0505 e. The van der Waals surface area contributed by atoms with E-state index in [4.69, 9.17) is 0 Å². The third-order valence-electron chi connectivity index (χ3n) is 14.9. The van der Waals surface area contributed by atoms with Crippen LogP contribution >= 0.6 is 0 Å². The molecule has 0 aliphatic heterocycles. The normalized spacial score (nSPS) is 23.1. The zero-order valence-corrected chi connectivity index (χ0v) is 34.0. The first-order valence-corrected chi connectivity index (χ1v) is 22.3. The van der Waals surface area contributed by atoms with E-state index in [0.29, 0.717) is 17.8 Å². The third-order valence-corrected chi connectivity index (χ3v) is 14.9. The van der Waals surface area contributed by atoms with E-state index in [1.165, 1.54) is 103 Å². The van der Waals surface area contributed by atoms with Gasteiger partial charge in [-0.3, -0.25) is 0 Å². The summed E-state index contributed by atoms with van der Waals surface area (Å²) in [7, 11) is 0. The first-order valence-electron chi connectivity index (χ1n) is 22.3. The highest BCUT2D eigenvalue weighted by Gasteiger charge is 2.62. The summed E-state index contributed by atoms with van der Waals surface area (Å²) in [6, 6.07) is 57.6. The minimum absolute atomic E-state index is 0.0570. The zero-order valence-electron chi connectivity index (χ0n) is 34.0. The van der Waals surface area contributed by atoms with E-state index in [1.54, 1.807) is 16.7 Å². The fourth-order valence-electron chi connectivity index (χ4n) is 12.4. The van der Waals surface area contributed by atoms with Gasteiger partial charge in [-0.05, 0) is 163 Å². The van der Waals surface area contributed by atoms with Crippen molar-refractivity contribution < 1.29 is 0 Å². The predicted octanol–water partition coefficient (Wildman–Crippen LogP) is 15.2. The Morgan fingerprint density at radius 2 is 0.982 bits per heavy atom. The highest BCUT2D eigenvalue weighted by Crippen LogP contribution is 2.68. The van der Waals surface area contributed by atoms with Crippen molar-refractivity contribution in [3.05, 3.63) is 179 Å². The topological polar surface area (TPSA) is 6.48 Å². The highest BCUT2D eigenvalue weighted by atomic mass is 15.2. The summed E-state index contributed by atoms with van der Waals surface area (Å²) in [6.45, 7) is 4.77. The van der Waals surface area contributed by atoms with Crippen molar-refractivity contribution in [1.82, 2.24) is 0 Å². The summed E-state index contributed by atoms with van der Waals surface area (Å²) in [6.07, 6.45) is 14.3. The molecule has 2 saturated carbocycles. The van der Waals surface area contributed by atoms with Crippen molar-refractivity contribution in [2.24, 2.45) is 23.7 Å². The Bertz CT molecular complexity index is 2250. The average molecular weight is 747 g/mol. The van der Waals surface area contributed by atoms with Crippen molar-refractivity contribution in [3.63, 3.8) is 0 Å². The first kappa shape index (κ1) is 36.3. The molecule has 2 nitrogen and oxygen atoms in total. The van der Waals surface area contributed by atoms with Gasteiger partial charge in [-0.2, -0.15) is 0 Å². The van der Waals surface area contributed by atoms with Gasteiger partial charge in [0.15, 0.2) is 0 Å². The van der Waals surface area contributed by atoms with Gasteiger partial charge in [0, 0.05) is 28.2 Å². The summed E-state index contributed by atoms with van der Waals surface area (Å²) in [5.41, 5.74) is 15.3. The number of nitrogens with zero attached hydrogens (tertiary/aromatic N) is 2. The molecule has 0 radical (unpaired) electrons. The lowest BCUT2D eigenvalue weighted by Gasteiger charge is -2.40. The molecule has 0 N–H and O–H groups in total. The highest BCUT2D eigenvalue weighted by molar-refractivity contribution is 5.86. The Hall–Kier alpha value is -5.08. The average Bonchev–Trinajstić information content (AvgIpc) is 3.91. The lowest BCUT2D eigenvalue weighted by Crippen LogP contribution is -2.34. The molecule has 0 amide bonds. The molecule has 6 aromatic carbocycles. The van der Waals surface area contributed by atoms with Gasteiger partial charge >= 0.3 is 0 Å². The van der Waals surface area contributed by atoms with Crippen LogP contribution in [0.15, 0.2) is 152 Å². The third kappa shape index (κ3) is 6.22. The molecule has 2 heteroatoms. The monoisotopic (exact) mass is 746 g/mol. The van der Waals surface area contributed by atoms with Crippen LogP contribution in [0.2, 0.25) is 0 Å². The number of fused-ring (bicyclic) bond motifs is 2. The van der Waals surface area contributed by atoms with Crippen molar-refractivity contribution in [1.29, 1.82) is 0 Å². The van der Waals surface area contributed by atoms with E-state index >= 15 is 0 Å². The molecular formula is C55H58N2. The SMILES string of the molecule is CCC(CC)CC1CCCC(c2ccc(N(c3ccccc3)c3cccc4c3C35c6c(cccc6N(c6ccccc6)c6ccccc6)CC3CCC5C4)cc2)C1. The number of hydrogen-bond donors (Lipinski definition) is 0. The molecule has 5 atom stereocenters. The minimum atomic E-state index is -0.0570. The molecule has 288 valence electrons. The molecule has 0 saturated heterocycles. The molecule has 6 aromatic rings. The van der Waals surface area contributed by atoms with Crippen LogP contribution in [-0.2, 0) is 18.3 Å². The van der Waals surface area contributed by atoms with Gasteiger partial charge < -0.3 is 9.80 Å². The van der Waals surface area contributed by atoms with E-state index in [2.05, 4.69) is 175 Å². The van der Waals surface area contributed by atoms with Crippen LogP contribution in [0, 0.1) is 23.7 Å². The first-order chi connectivity index (χ1) is 28.2. The molecule has 0 aromatic heterocycles. The number of benzene rings is 6. The van der Waals surface area contributed by atoms with Gasteiger partial charge in [0.1, 0.15) is 0 Å². The molecule has 1 spiro atoms. The largest absolute Gasteiger partial charge is 0.310 e. The van der Waals surface area contributed by atoms with E-state index < -0.39 is 0 Å². The summed E-state index contributed by atoms with van der Waals surface area (Å²) in [5, 5.41) is 0. The maximum Gasteiger partial charge on any atom is 0.0505 e. The number of rotatable bonds is 11. The molecule has 5 unspecified atom stereocenters. The van der Waals surface area contributed by atoms with E-state index in [-0.39, 0.29) is 5.41 Å². The van der Waals surface area contributed by atoms with Gasteiger partial charge in [-0.15, -0.1) is 0 Å². The van der Waals surface area contributed by atoms with E-state index in [1.807, 2.05) is 0 Å². The quantitative estimate of drug-likeness (QED) is 0.130. The maximum atomic E-state index is 2.61. The molecule has 57 heavy (non-hydrogen) atoms. The molecule has 0 bridgehead atoms. The second-order valence-corrected chi connectivity index (χ2v) is 17.8. The van der Waals surface area contributed by atoms with Crippen LogP contribution in [-0.4, -0.2) is 0 Å². The van der Waals surface area contributed by atoms with Gasteiger partial charge in [0.2, 0.25) is 0 Å². The Labute approximate surface area is 341 Å². The van der Waals surface area contributed by atoms with Gasteiger partial charge in [0.25, 0.3) is 0 Å². The van der Waals surface area contributed by atoms with Crippen molar-refractivity contribution in [2.45, 2.75) is 95.8 Å². The van der Waals surface area contributed by atoms with Gasteiger partial charge in [-0.1, -0.05) is 131 Å².